The third-order valence-corrected chi connectivity index (χ3v) is 6.51. The smallest absolute Gasteiger partial charge is 0.237 e. The van der Waals surface area contributed by atoms with Gasteiger partial charge >= 0.3 is 0 Å². The monoisotopic (exact) mass is 462 g/mol. The van der Waals surface area contributed by atoms with Crippen molar-refractivity contribution in [1.29, 1.82) is 0 Å². The van der Waals surface area contributed by atoms with Crippen LogP contribution in [0.25, 0.3) is 21.5 Å². The lowest BCUT2D eigenvalue weighted by molar-refractivity contribution is -0.127. The van der Waals surface area contributed by atoms with Crippen molar-refractivity contribution in [2.75, 3.05) is 13.1 Å². The molecule has 1 saturated heterocycles. The van der Waals surface area contributed by atoms with Crippen LogP contribution in [0.1, 0.15) is 35.4 Å². The Kier molecular flexibility index (Phi) is 6.44. The Hall–Kier alpha value is -4.19. The molecular weight excluding hydrogens is 436 g/mol. The molecule has 1 fully saturated rings. The average Bonchev–Trinajstić information content (AvgIpc) is 3.58. The summed E-state index contributed by atoms with van der Waals surface area (Å²) < 4.78 is 0. The predicted molar refractivity (Wildman–Crippen MR) is 138 cm³/mol. The van der Waals surface area contributed by atoms with Gasteiger partial charge in [0.2, 0.25) is 5.91 Å². The minimum Gasteiger partial charge on any atom is -0.319 e. The molecule has 2 aromatic heterocycles. The van der Waals surface area contributed by atoms with Gasteiger partial charge in [0.15, 0.2) is 5.78 Å². The van der Waals surface area contributed by atoms with Gasteiger partial charge in [0.25, 0.3) is 0 Å². The highest BCUT2D eigenvalue weighted by Crippen LogP contribution is 2.25. The molecule has 0 aliphatic carbocycles. The number of fused-ring (bicyclic) bond motifs is 2. The third kappa shape index (κ3) is 4.47. The molecular formula is C29H26N4O2. The van der Waals surface area contributed by atoms with Gasteiger partial charge in [-0.05, 0) is 48.4 Å². The van der Waals surface area contributed by atoms with Crippen molar-refractivity contribution in [3.63, 3.8) is 0 Å². The summed E-state index contributed by atoms with van der Waals surface area (Å²) in [6.45, 7) is 5.09. The number of benzene rings is 2. The SMILES string of the molecule is C=CN1CCC(C(=O)c2nccc3ccccc23)C1=O.c1ccc2c(C3=NCCC3)nccc2c1. The van der Waals surface area contributed by atoms with E-state index in [9.17, 15) is 9.59 Å². The molecule has 0 radical (unpaired) electrons. The van der Waals surface area contributed by atoms with E-state index >= 15 is 0 Å². The molecule has 35 heavy (non-hydrogen) atoms. The van der Waals surface area contributed by atoms with Crippen molar-refractivity contribution in [2.45, 2.75) is 19.3 Å². The van der Waals surface area contributed by atoms with Crippen LogP contribution in [0.2, 0.25) is 0 Å². The van der Waals surface area contributed by atoms with Crippen molar-refractivity contribution >= 4 is 38.9 Å². The van der Waals surface area contributed by atoms with Gasteiger partial charge in [-0.2, -0.15) is 0 Å². The Morgan fingerprint density at radius 1 is 0.943 bits per heavy atom. The molecule has 0 spiro atoms. The van der Waals surface area contributed by atoms with Crippen molar-refractivity contribution in [3.05, 3.63) is 97.2 Å². The van der Waals surface area contributed by atoms with E-state index in [-0.39, 0.29) is 11.7 Å². The van der Waals surface area contributed by atoms with Crippen LogP contribution in [0.5, 0.6) is 0 Å². The number of amides is 1. The number of carbonyl (C=O) groups excluding carboxylic acids is 2. The van der Waals surface area contributed by atoms with E-state index in [0.29, 0.717) is 18.7 Å². The lowest BCUT2D eigenvalue weighted by atomic mass is 9.96. The first-order valence-electron chi connectivity index (χ1n) is 11.9. The number of pyridine rings is 2. The van der Waals surface area contributed by atoms with Crippen molar-refractivity contribution in [3.8, 4) is 0 Å². The number of aliphatic imine (C=N–C) groups is 1. The van der Waals surface area contributed by atoms with E-state index < -0.39 is 5.92 Å². The molecule has 0 saturated carbocycles. The molecule has 6 rings (SSSR count). The van der Waals surface area contributed by atoms with Gasteiger partial charge in [0.05, 0.1) is 11.4 Å². The maximum atomic E-state index is 12.6. The Morgan fingerprint density at radius 3 is 2.31 bits per heavy atom. The van der Waals surface area contributed by atoms with Crippen molar-refractivity contribution in [2.24, 2.45) is 10.9 Å². The summed E-state index contributed by atoms with van der Waals surface area (Å²) in [5, 5.41) is 4.22. The van der Waals surface area contributed by atoms with Crippen LogP contribution >= 0.6 is 0 Å². The molecule has 174 valence electrons. The Balaban J connectivity index is 0.000000151. The van der Waals surface area contributed by atoms with Crippen LogP contribution in [0.4, 0.5) is 0 Å². The fourth-order valence-corrected chi connectivity index (χ4v) is 4.69. The molecule has 2 aliphatic heterocycles. The zero-order valence-electron chi connectivity index (χ0n) is 19.4. The summed E-state index contributed by atoms with van der Waals surface area (Å²) in [6.07, 6.45) is 7.72. The summed E-state index contributed by atoms with van der Waals surface area (Å²) in [6, 6.07) is 19.8. The summed E-state index contributed by atoms with van der Waals surface area (Å²) in [4.78, 5) is 39.3. The zero-order valence-corrected chi connectivity index (χ0v) is 19.4. The fraction of sp³-hybridized carbons (Fsp3) is 0.207. The highest BCUT2D eigenvalue weighted by Gasteiger charge is 2.37. The molecule has 1 atom stereocenters. The summed E-state index contributed by atoms with van der Waals surface area (Å²) in [5.74, 6) is -1.01. The highest BCUT2D eigenvalue weighted by molar-refractivity contribution is 6.15. The molecule has 2 aromatic carbocycles. The summed E-state index contributed by atoms with van der Waals surface area (Å²) in [5.41, 5.74) is 2.63. The number of carbonyl (C=O) groups is 2. The molecule has 6 heteroatoms. The van der Waals surface area contributed by atoms with Crippen molar-refractivity contribution in [1.82, 2.24) is 14.9 Å². The van der Waals surface area contributed by atoms with Crippen molar-refractivity contribution < 1.29 is 9.59 Å². The first kappa shape index (κ1) is 22.6. The molecule has 4 heterocycles. The lowest BCUT2D eigenvalue weighted by Crippen LogP contribution is -2.27. The minimum atomic E-state index is -0.633. The second-order valence-corrected chi connectivity index (χ2v) is 8.61. The second-order valence-electron chi connectivity index (χ2n) is 8.61. The number of ketones is 1. The van der Waals surface area contributed by atoms with Gasteiger partial charge in [-0.1, -0.05) is 55.1 Å². The second kappa shape index (κ2) is 9.97. The van der Waals surface area contributed by atoms with E-state index in [1.807, 2.05) is 42.6 Å². The number of nitrogens with zero attached hydrogens (tertiary/aromatic N) is 4. The quantitative estimate of drug-likeness (QED) is 0.308. The Bertz CT molecular complexity index is 1450. The van der Waals surface area contributed by atoms with Gasteiger partial charge in [-0.25, -0.2) is 0 Å². The van der Waals surface area contributed by atoms with Gasteiger partial charge in [-0.3, -0.25) is 24.5 Å². The first-order valence-corrected chi connectivity index (χ1v) is 11.9. The normalized spacial score (nSPS) is 17.3. The molecule has 0 bridgehead atoms. The maximum absolute atomic E-state index is 12.6. The molecule has 1 amide bonds. The van der Waals surface area contributed by atoms with Gasteiger partial charge in [0.1, 0.15) is 11.6 Å². The molecule has 0 N–H and O–H groups in total. The zero-order chi connectivity index (χ0) is 24.2. The minimum absolute atomic E-state index is 0.181. The molecule has 6 nitrogen and oxygen atoms in total. The van der Waals surface area contributed by atoms with Crippen LogP contribution in [0, 0.1) is 5.92 Å². The number of aromatic nitrogens is 2. The number of hydrogen-bond acceptors (Lipinski definition) is 5. The van der Waals surface area contributed by atoms with Gasteiger partial charge in [-0.15, -0.1) is 0 Å². The van der Waals surface area contributed by atoms with Crippen LogP contribution in [-0.2, 0) is 4.79 Å². The topological polar surface area (TPSA) is 75.5 Å². The molecule has 4 aromatic rings. The van der Waals surface area contributed by atoms with Crippen LogP contribution in [0.15, 0.2) is 90.8 Å². The average molecular weight is 463 g/mol. The highest BCUT2D eigenvalue weighted by atomic mass is 16.2. The fourth-order valence-electron chi connectivity index (χ4n) is 4.69. The van der Waals surface area contributed by atoms with Crippen LogP contribution in [-0.4, -0.2) is 45.4 Å². The molecule has 1 unspecified atom stereocenters. The van der Waals surface area contributed by atoms with E-state index in [0.717, 1.165) is 29.4 Å². The van der Waals surface area contributed by atoms with E-state index in [4.69, 9.17) is 0 Å². The van der Waals surface area contributed by atoms with Crippen LogP contribution in [0.3, 0.4) is 0 Å². The maximum Gasteiger partial charge on any atom is 0.237 e. The Labute approximate surface area is 204 Å². The number of hydrogen-bond donors (Lipinski definition) is 0. The standard InChI is InChI=1S/C16H14N2O2.C13H12N2/c1-2-18-10-8-13(16(18)20)15(19)14-12-6-4-3-5-11(12)7-9-17-14;1-2-5-11-10(4-1)7-9-15-13(11)12-6-3-8-14-12/h2-7,9,13H,1,8,10H2;1-2,4-5,7,9H,3,6,8H2. The Morgan fingerprint density at radius 2 is 1.63 bits per heavy atom. The lowest BCUT2D eigenvalue weighted by Gasteiger charge is -2.11. The first-order chi connectivity index (χ1) is 17.2. The number of rotatable bonds is 4. The number of likely N-dealkylation sites (tertiary alicyclic amines) is 1. The van der Waals surface area contributed by atoms with Gasteiger partial charge in [0, 0.05) is 36.3 Å². The van der Waals surface area contributed by atoms with E-state index in [1.54, 1.807) is 6.20 Å². The summed E-state index contributed by atoms with van der Waals surface area (Å²) in [7, 11) is 0. The third-order valence-electron chi connectivity index (χ3n) is 6.51. The van der Waals surface area contributed by atoms with Crippen LogP contribution < -0.4 is 0 Å². The largest absolute Gasteiger partial charge is 0.319 e. The number of Topliss-reactive ketones (excluding diaryl/α,β-unsaturated/α-hetero) is 1. The van der Waals surface area contributed by atoms with E-state index in [1.165, 1.54) is 34.0 Å². The molecule has 2 aliphatic rings. The van der Waals surface area contributed by atoms with E-state index in [2.05, 4.69) is 45.8 Å². The predicted octanol–water partition coefficient (Wildman–Crippen LogP) is 5.23. The summed E-state index contributed by atoms with van der Waals surface area (Å²) >= 11 is 0. The van der Waals surface area contributed by atoms with Gasteiger partial charge < -0.3 is 4.90 Å².